The average Bonchev–Trinajstić information content (AvgIpc) is 3.54. The maximum Gasteiger partial charge on any atom is 0.352 e. The molecule has 1 saturated heterocycles. The number of aromatic nitrogens is 2. The first-order valence-corrected chi connectivity index (χ1v) is 13.8. The molecule has 3 aromatic rings. The van der Waals surface area contributed by atoms with Gasteiger partial charge in [0.05, 0.1) is 5.39 Å². The summed E-state index contributed by atoms with van der Waals surface area (Å²) in [5.74, 6) is -2.01. The summed E-state index contributed by atoms with van der Waals surface area (Å²) < 4.78 is 2.08. The van der Waals surface area contributed by atoms with Crippen molar-refractivity contribution in [3.05, 3.63) is 64.3 Å². The number of nitrogens with one attached hydrogen (secondary N) is 1. The Hall–Kier alpha value is -3.02. The van der Waals surface area contributed by atoms with E-state index in [-0.39, 0.29) is 46.2 Å². The van der Waals surface area contributed by atoms with E-state index in [1.165, 1.54) is 23.8 Å². The number of nitrogens with two attached hydrogens (primary N) is 1. The number of rotatable bonds is 8. The number of carbonyl (C=O) groups excluding carboxylic acids is 2. The van der Waals surface area contributed by atoms with Crippen LogP contribution in [0.2, 0.25) is 0 Å². The summed E-state index contributed by atoms with van der Waals surface area (Å²) in [4.78, 5) is 49.2. The highest BCUT2D eigenvalue weighted by Gasteiger charge is 2.54. The normalized spacial score (nSPS) is 19.2. The lowest BCUT2D eigenvalue weighted by Crippen LogP contribution is -3.00. The quantitative estimate of drug-likeness (QED) is 0.0861. The van der Waals surface area contributed by atoms with Crippen molar-refractivity contribution in [1.82, 2.24) is 15.2 Å². The molecule has 38 heavy (non-hydrogen) atoms. The number of anilines is 1. The van der Waals surface area contributed by atoms with E-state index in [2.05, 4.69) is 20.0 Å². The fourth-order valence-electron chi connectivity index (χ4n) is 4.11. The molecule has 15 heteroatoms. The third kappa shape index (κ3) is 5.27. The minimum atomic E-state index is -1.20. The van der Waals surface area contributed by atoms with Crippen LogP contribution in [-0.4, -0.2) is 62.8 Å². The fourth-order valence-corrected chi connectivity index (χ4v) is 6.87. The SMILES string of the molecule is CO/N=C(\C(=O)N[C@@H]1C(=O)N2C(C(=O)O)=C(/C=C/C[n+]3cccc4ccsc43)CS[C@H]12)c1csc(N)n1.[I-]. The van der Waals surface area contributed by atoms with Gasteiger partial charge in [0.2, 0.25) is 0 Å². The Labute approximate surface area is 246 Å². The van der Waals surface area contributed by atoms with Crippen LogP contribution >= 0.6 is 34.4 Å². The maximum absolute atomic E-state index is 13.0. The topological polar surface area (TPSA) is 151 Å². The predicted molar refractivity (Wildman–Crippen MR) is 141 cm³/mol. The standard InChI is InChI=1S/C23H20N6O5S3.HI/c1-34-27-15(14-11-37-23(24)25-14)18(30)26-16-19(31)29-17(22(32)33)13(10-36-21(16)29)5-3-8-28-7-2-4-12-6-9-35-20(12)28;/h2-7,9,11,16,21H,8,10H2,1H3,(H3-,24,25,26,30,32,33);1H/b5-3+,27-15-;/t16-,21-;/m1./s1. The van der Waals surface area contributed by atoms with Crippen molar-refractivity contribution < 1.29 is 52.9 Å². The van der Waals surface area contributed by atoms with E-state index >= 15 is 0 Å². The van der Waals surface area contributed by atoms with Gasteiger partial charge in [-0.1, -0.05) is 22.6 Å². The number of thioether (sulfide) groups is 1. The highest BCUT2D eigenvalue weighted by molar-refractivity contribution is 8.00. The van der Waals surface area contributed by atoms with Gasteiger partial charge in [-0.25, -0.2) is 9.78 Å². The number of carbonyl (C=O) groups is 3. The lowest BCUT2D eigenvalue weighted by atomic mass is 10.0. The predicted octanol–water partition coefficient (Wildman–Crippen LogP) is -1.42. The van der Waals surface area contributed by atoms with Crippen molar-refractivity contribution >= 4 is 73.3 Å². The van der Waals surface area contributed by atoms with Crippen LogP contribution in [-0.2, 0) is 25.8 Å². The number of hydrogen-bond acceptors (Lipinski definition) is 10. The number of carboxylic acids is 1. The van der Waals surface area contributed by atoms with E-state index in [9.17, 15) is 19.5 Å². The lowest BCUT2D eigenvalue weighted by molar-refractivity contribution is -0.658. The van der Waals surface area contributed by atoms with Gasteiger partial charge < -0.3 is 45.0 Å². The summed E-state index contributed by atoms with van der Waals surface area (Å²) in [7, 11) is 1.29. The van der Waals surface area contributed by atoms with Crippen LogP contribution in [0.15, 0.2) is 63.7 Å². The minimum absolute atomic E-state index is 0. The van der Waals surface area contributed by atoms with Gasteiger partial charge in [-0.15, -0.1) is 23.1 Å². The number of oxime groups is 1. The summed E-state index contributed by atoms with van der Waals surface area (Å²) in [6, 6.07) is 5.13. The summed E-state index contributed by atoms with van der Waals surface area (Å²) in [5.41, 5.74) is 6.20. The third-order valence-corrected chi connectivity index (χ3v) is 8.69. The Morgan fingerprint density at radius 1 is 1.39 bits per heavy atom. The summed E-state index contributed by atoms with van der Waals surface area (Å²) in [6.45, 7) is 0.553. The first-order chi connectivity index (χ1) is 17.9. The Bertz CT molecular complexity index is 1500. The van der Waals surface area contributed by atoms with Gasteiger partial charge in [-0.05, 0) is 29.2 Å². The molecule has 3 aromatic heterocycles. The Morgan fingerprint density at radius 2 is 2.21 bits per heavy atom. The number of halogens is 1. The number of pyridine rings is 1. The number of nitrogen functional groups attached to an aromatic ring is 1. The second-order valence-corrected chi connectivity index (χ2v) is 10.9. The molecular formula is C23H21IN6O5S3. The van der Waals surface area contributed by atoms with E-state index in [4.69, 9.17) is 10.6 Å². The summed E-state index contributed by atoms with van der Waals surface area (Å²) in [6.07, 6.45) is 5.60. The number of amides is 2. The van der Waals surface area contributed by atoms with Crippen LogP contribution in [0.3, 0.4) is 0 Å². The smallest absolute Gasteiger partial charge is 0.352 e. The molecule has 2 amide bonds. The largest absolute Gasteiger partial charge is 1.00 e. The van der Waals surface area contributed by atoms with E-state index in [0.29, 0.717) is 17.9 Å². The number of thiazole rings is 1. The second kappa shape index (κ2) is 11.8. The number of aliphatic carboxylic acids is 1. The maximum atomic E-state index is 13.0. The molecule has 198 valence electrons. The highest BCUT2D eigenvalue weighted by atomic mass is 127. The van der Waals surface area contributed by atoms with Crippen LogP contribution < -0.4 is 39.6 Å². The molecule has 0 spiro atoms. The van der Waals surface area contributed by atoms with Gasteiger partial charge in [0, 0.05) is 17.2 Å². The Kier molecular flexibility index (Phi) is 8.69. The van der Waals surface area contributed by atoms with Gasteiger partial charge in [0.25, 0.3) is 16.6 Å². The molecule has 4 N–H and O–H groups in total. The Morgan fingerprint density at radius 3 is 2.92 bits per heavy atom. The number of allylic oxidation sites excluding steroid dienone is 2. The highest BCUT2D eigenvalue weighted by Crippen LogP contribution is 2.40. The Balaban J connectivity index is 0.00000336. The van der Waals surface area contributed by atoms with E-state index in [0.717, 1.165) is 21.6 Å². The molecular weight excluding hydrogens is 663 g/mol. The molecule has 5 heterocycles. The first kappa shape index (κ1) is 28.0. The molecule has 1 fully saturated rings. The number of nitrogens with zero attached hydrogens (tertiary/aromatic N) is 4. The zero-order chi connectivity index (χ0) is 26.1. The molecule has 2 aliphatic rings. The van der Waals surface area contributed by atoms with E-state index < -0.39 is 29.2 Å². The number of β-lactam (4-membered cyclic amide) rings is 1. The van der Waals surface area contributed by atoms with Gasteiger partial charge >= 0.3 is 5.97 Å². The van der Waals surface area contributed by atoms with Crippen LogP contribution in [0.5, 0.6) is 0 Å². The second-order valence-electron chi connectivity index (χ2n) is 7.98. The molecule has 0 saturated carbocycles. The molecule has 2 aliphatic heterocycles. The van der Waals surface area contributed by atoms with Crippen molar-refractivity contribution in [1.29, 1.82) is 0 Å². The fraction of sp³-hybridized carbons (Fsp3) is 0.217. The lowest BCUT2D eigenvalue weighted by Gasteiger charge is -2.49. The van der Waals surface area contributed by atoms with Crippen LogP contribution in [0.4, 0.5) is 5.13 Å². The number of thiophene rings is 1. The minimum Gasteiger partial charge on any atom is -1.00 e. The molecule has 0 aliphatic carbocycles. The van der Waals surface area contributed by atoms with Crippen LogP contribution in [0.1, 0.15) is 5.69 Å². The van der Waals surface area contributed by atoms with Crippen LogP contribution in [0, 0.1) is 0 Å². The third-order valence-electron chi connectivity index (χ3n) is 5.75. The van der Waals surface area contributed by atoms with Crippen molar-refractivity contribution in [2.75, 3.05) is 18.6 Å². The molecule has 11 nitrogen and oxygen atoms in total. The van der Waals surface area contributed by atoms with Crippen molar-refractivity contribution in [2.24, 2.45) is 5.16 Å². The molecule has 0 aromatic carbocycles. The average molecular weight is 685 g/mol. The summed E-state index contributed by atoms with van der Waals surface area (Å²) >= 11 is 4.15. The number of fused-ring (bicyclic) bond motifs is 2. The zero-order valence-electron chi connectivity index (χ0n) is 19.7. The number of hydrogen-bond donors (Lipinski definition) is 3. The van der Waals surface area contributed by atoms with Gasteiger partial charge in [0.15, 0.2) is 23.6 Å². The van der Waals surface area contributed by atoms with Gasteiger partial charge in [-0.2, -0.15) is 4.57 Å². The van der Waals surface area contributed by atoms with Crippen molar-refractivity contribution in [3.8, 4) is 0 Å². The molecule has 0 bridgehead atoms. The van der Waals surface area contributed by atoms with Crippen LogP contribution in [0.25, 0.3) is 10.2 Å². The monoisotopic (exact) mass is 684 g/mol. The van der Waals surface area contributed by atoms with Crippen molar-refractivity contribution in [2.45, 2.75) is 18.0 Å². The molecule has 0 unspecified atom stereocenters. The van der Waals surface area contributed by atoms with E-state index in [1.54, 1.807) is 22.8 Å². The number of carboxylic acid groups (broad SMARTS) is 1. The summed E-state index contributed by atoms with van der Waals surface area (Å²) in [5, 5.41) is 20.7. The molecule has 5 rings (SSSR count). The van der Waals surface area contributed by atoms with Gasteiger partial charge in [0.1, 0.15) is 29.9 Å². The molecule has 0 radical (unpaired) electrons. The zero-order valence-corrected chi connectivity index (χ0v) is 24.3. The molecule has 2 atom stereocenters. The van der Waals surface area contributed by atoms with Crippen molar-refractivity contribution in [3.63, 3.8) is 0 Å². The van der Waals surface area contributed by atoms with E-state index in [1.807, 2.05) is 35.9 Å². The van der Waals surface area contributed by atoms with Gasteiger partial charge in [-0.3, -0.25) is 14.5 Å². The first-order valence-electron chi connectivity index (χ1n) is 11.0.